The predicted octanol–water partition coefficient (Wildman–Crippen LogP) is -0.626. The third-order valence-corrected chi connectivity index (χ3v) is 2.46. The topological polar surface area (TPSA) is 49.7 Å². The zero-order chi connectivity index (χ0) is 7.14. The van der Waals surface area contributed by atoms with Gasteiger partial charge in [0.25, 0.3) is 0 Å². The molecule has 3 nitrogen and oxygen atoms in total. The minimum atomic E-state index is -0.316. The van der Waals surface area contributed by atoms with Crippen LogP contribution < -0.4 is 0 Å². The lowest BCUT2D eigenvalue weighted by Crippen LogP contribution is -2.35. The zero-order valence-electron chi connectivity index (χ0n) is 5.73. The number of aliphatic hydroxyl groups excluding tert-OH is 2. The molecule has 0 aromatic rings. The molecule has 0 aromatic heterocycles. The van der Waals surface area contributed by atoms with Crippen LogP contribution in [0.25, 0.3) is 0 Å². The molecule has 2 rings (SSSR count). The predicted molar refractivity (Wildman–Crippen MR) is 34.4 cm³/mol. The van der Waals surface area contributed by atoms with Gasteiger partial charge < -0.3 is 14.9 Å². The lowest BCUT2D eigenvalue weighted by atomic mass is 9.99. The lowest BCUT2D eigenvalue weighted by Gasteiger charge is -2.25. The van der Waals surface area contributed by atoms with Crippen LogP contribution in [0.4, 0.5) is 0 Å². The van der Waals surface area contributed by atoms with E-state index in [1.54, 1.807) is 0 Å². The van der Waals surface area contributed by atoms with E-state index in [9.17, 15) is 5.11 Å². The molecule has 0 radical (unpaired) electrons. The second-order valence-corrected chi connectivity index (χ2v) is 3.20. The molecular weight excluding hydrogens is 132 g/mol. The number of fused-ring (bicyclic) bond motifs is 1. The van der Waals surface area contributed by atoms with Crippen LogP contribution >= 0.6 is 0 Å². The number of ether oxygens (including phenoxy) is 1. The van der Waals surface area contributed by atoms with Crippen molar-refractivity contribution in [3.63, 3.8) is 0 Å². The van der Waals surface area contributed by atoms with E-state index < -0.39 is 0 Å². The SMILES string of the molecule is OC[C@H]1COC2CC2[C@H]1O. The summed E-state index contributed by atoms with van der Waals surface area (Å²) in [4.78, 5) is 0. The van der Waals surface area contributed by atoms with E-state index in [-0.39, 0.29) is 18.6 Å². The number of rotatable bonds is 1. The first-order chi connectivity index (χ1) is 4.83. The Hall–Kier alpha value is -0.120. The molecule has 1 saturated heterocycles. The highest BCUT2D eigenvalue weighted by Crippen LogP contribution is 2.43. The molecule has 1 aliphatic carbocycles. The van der Waals surface area contributed by atoms with Crippen LogP contribution in [-0.4, -0.2) is 35.6 Å². The second-order valence-electron chi connectivity index (χ2n) is 3.20. The maximum atomic E-state index is 9.44. The minimum absolute atomic E-state index is 0.0382. The maximum Gasteiger partial charge on any atom is 0.0666 e. The molecule has 10 heavy (non-hydrogen) atoms. The van der Waals surface area contributed by atoms with Crippen molar-refractivity contribution in [2.75, 3.05) is 13.2 Å². The summed E-state index contributed by atoms with van der Waals surface area (Å²) >= 11 is 0. The Morgan fingerprint density at radius 1 is 1.50 bits per heavy atom. The summed E-state index contributed by atoms with van der Waals surface area (Å²) in [6.45, 7) is 0.573. The van der Waals surface area contributed by atoms with E-state index in [2.05, 4.69) is 0 Å². The first kappa shape index (κ1) is 6.58. The minimum Gasteiger partial charge on any atom is -0.396 e. The fourth-order valence-corrected chi connectivity index (χ4v) is 1.60. The summed E-state index contributed by atoms with van der Waals surface area (Å²) in [5, 5.41) is 18.2. The summed E-state index contributed by atoms with van der Waals surface area (Å²) in [5.74, 6) is 0.287. The quantitative estimate of drug-likeness (QED) is 0.515. The summed E-state index contributed by atoms with van der Waals surface area (Å²) in [7, 11) is 0. The van der Waals surface area contributed by atoms with Crippen molar-refractivity contribution in [3.05, 3.63) is 0 Å². The summed E-state index contributed by atoms with van der Waals surface area (Å²) in [6, 6.07) is 0. The van der Waals surface area contributed by atoms with Crippen molar-refractivity contribution in [1.82, 2.24) is 0 Å². The Labute approximate surface area is 59.6 Å². The van der Waals surface area contributed by atoms with E-state index in [4.69, 9.17) is 9.84 Å². The molecule has 0 spiro atoms. The van der Waals surface area contributed by atoms with Gasteiger partial charge in [0.15, 0.2) is 0 Å². The first-order valence-corrected chi connectivity index (χ1v) is 3.73. The van der Waals surface area contributed by atoms with Crippen molar-refractivity contribution in [2.45, 2.75) is 18.6 Å². The monoisotopic (exact) mass is 144 g/mol. The summed E-state index contributed by atoms with van der Waals surface area (Å²) < 4.78 is 5.31. The maximum absolute atomic E-state index is 9.44. The Kier molecular flexibility index (Phi) is 1.44. The molecule has 1 saturated carbocycles. The molecule has 0 amide bonds. The summed E-state index contributed by atoms with van der Waals surface area (Å²) in [6.07, 6.45) is 0.971. The van der Waals surface area contributed by atoms with E-state index in [0.29, 0.717) is 18.6 Å². The molecule has 2 unspecified atom stereocenters. The highest BCUT2D eigenvalue weighted by Gasteiger charge is 2.49. The Morgan fingerprint density at radius 2 is 2.30 bits per heavy atom. The molecule has 3 heteroatoms. The Bertz CT molecular complexity index is 137. The third kappa shape index (κ3) is 0.856. The molecule has 0 aromatic carbocycles. The highest BCUT2D eigenvalue weighted by atomic mass is 16.5. The van der Waals surface area contributed by atoms with Crippen LogP contribution in [0, 0.1) is 11.8 Å². The van der Waals surface area contributed by atoms with E-state index in [0.717, 1.165) is 6.42 Å². The molecule has 1 aliphatic heterocycles. The van der Waals surface area contributed by atoms with Crippen molar-refractivity contribution in [2.24, 2.45) is 11.8 Å². The normalized spacial score (nSPS) is 52.2. The van der Waals surface area contributed by atoms with Gasteiger partial charge in [0.05, 0.1) is 25.4 Å². The van der Waals surface area contributed by atoms with Crippen molar-refractivity contribution in [3.8, 4) is 0 Å². The van der Waals surface area contributed by atoms with Gasteiger partial charge in [-0.05, 0) is 6.42 Å². The largest absolute Gasteiger partial charge is 0.396 e. The van der Waals surface area contributed by atoms with Gasteiger partial charge in [0.2, 0.25) is 0 Å². The van der Waals surface area contributed by atoms with Crippen molar-refractivity contribution >= 4 is 0 Å². The van der Waals surface area contributed by atoms with Gasteiger partial charge in [-0.15, -0.1) is 0 Å². The zero-order valence-corrected chi connectivity index (χ0v) is 5.73. The van der Waals surface area contributed by atoms with Gasteiger partial charge in [-0.1, -0.05) is 0 Å². The molecule has 2 N–H and O–H groups in total. The van der Waals surface area contributed by atoms with Gasteiger partial charge in [-0.2, -0.15) is 0 Å². The smallest absolute Gasteiger partial charge is 0.0666 e. The Balaban J connectivity index is 1.97. The molecule has 4 atom stereocenters. The second kappa shape index (κ2) is 2.19. The van der Waals surface area contributed by atoms with E-state index in [1.807, 2.05) is 0 Å². The number of hydrogen-bond donors (Lipinski definition) is 2. The van der Waals surface area contributed by atoms with Crippen LogP contribution in [-0.2, 0) is 4.74 Å². The number of hydrogen-bond acceptors (Lipinski definition) is 3. The molecular formula is C7H12O3. The van der Waals surface area contributed by atoms with Crippen LogP contribution in [0.5, 0.6) is 0 Å². The molecule has 1 heterocycles. The Morgan fingerprint density at radius 3 is 3.00 bits per heavy atom. The standard InChI is InChI=1S/C7H12O3/c8-2-4-3-10-6-1-5(6)7(4)9/h4-9H,1-3H2/t4-,5?,6?,7-/m0/s1. The highest BCUT2D eigenvalue weighted by molar-refractivity contribution is 4.98. The molecule has 0 bridgehead atoms. The van der Waals surface area contributed by atoms with Gasteiger partial charge in [-0.25, -0.2) is 0 Å². The van der Waals surface area contributed by atoms with E-state index >= 15 is 0 Å². The summed E-state index contributed by atoms with van der Waals surface area (Å²) in [5.41, 5.74) is 0. The van der Waals surface area contributed by atoms with E-state index in [1.165, 1.54) is 0 Å². The van der Waals surface area contributed by atoms with Crippen molar-refractivity contribution < 1.29 is 14.9 Å². The van der Waals surface area contributed by atoms with Gasteiger partial charge >= 0.3 is 0 Å². The molecule has 58 valence electrons. The van der Waals surface area contributed by atoms with Gasteiger partial charge in [-0.3, -0.25) is 0 Å². The fraction of sp³-hybridized carbons (Fsp3) is 1.00. The van der Waals surface area contributed by atoms with Gasteiger partial charge in [0.1, 0.15) is 0 Å². The average Bonchev–Trinajstić information content (AvgIpc) is 2.68. The molecule has 2 fully saturated rings. The lowest BCUT2D eigenvalue weighted by molar-refractivity contribution is -0.0596. The first-order valence-electron chi connectivity index (χ1n) is 3.73. The third-order valence-electron chi connectivity index (χ3n) is 2.46. The van der Waals surface area contributed by atoms with Crippen LogP contribution in [0.2, 0.25) is 0 Å². The number of aliphatic hydroxyl groups is 2. The van der Waals surface area contributed by atoms with Crippen LogP contribution in [0.15, 0.2) is 0 Å². The fourth-order valence-electron chi connectivity index (χ4n) is 1.60. The van der Waals surface area contributed by atoms with Crippen molar-refractivity contribution in [1.29, 1.82) is 0 Å². The van der Waals surface area contributed by atoms with Gasteiger partial charge in [0, 0.05) is 11.8 Å². The molecule has 2 aliphatic rings. The van der Waals surface area contributed by atoms with Crippen LogP contribution in [0.1, 0.15) is 6.42 Å². The van der Waals surface area contributed by atoms with Crippen LogP contribution in [0.3, 0.4) is 0 Å². The average molecular weight is 144 g/mol.